The highest BCUT2D eigenvalue weighted by Gasteiger charge is 2.44. The van der Waals surface area contributed by atoms with Crippen LogP contribution in [0.25, 0.3) is 0 Å². The lowest BCUT2D eigenvalue weighted by Crippen LogP contribution is -2.43. The van der Waals surface area contributed by atoms with Crippen molar-refractivity contribution in [2.75, 3.05) is 18.8 Å². The number of anilines is 1. The molecule has 2 aliphatic rings. The van der Waals surface area contributed by atoms with Crippen LogP contribution in [-0.4, -0.2) is 46.6 Å². The van der Waals surface area contributed by atoms with Gasteiger partial charge in [-0.25, -0.2) is 9.69 Å². The van der Waals surface area contributed by atoms with E-state index in [9.17, 15) is 19.2 Å². The summed E-state index contributed by atoms with van der Waals surface area (Å²) in [4.78, 5) is 49.7. The molecule has 1 aromatic rings. The zero-order valence-corrected chi connectivity index (χ0v) is 15.5. The summed E-state index contributed by atoms with van der Waals surface area (Å²) in [6.45, 7) is 2.89. The summed E-state index contributed by atoms with van der Waals surface area (Å²) in [5.41, 5.74) is 8.55. The second-order valence-electron chi connectivity index (χ2n) is 6.35. The first-order chi connectivity index (χ1) is 12.4. The minimum absolute atomic E-state index is 0. The molecule has 8 nitrogen and oxygen atoms in total. The molecule has 3 N–H and O–H groups in total. The number of nitrogens with zero attached hydrogens (tertiary/aromatic N) is 2. The molecule has 5 amide bonds. The van der Waals surface area contributed by atoms with Gasteiger partial charge in [0.15, 0.2) is 0 Å². The van der Waals surface area contributed by atoms with Gasteiger partial charge in [0.1, 0.15) is 6.54 Å². The fourth-order valence-electron chi connectivity index (χ4n) is 3.35. The average Bonchev–Trinajstić information content (AvgIpc) is 2.80. The monoisotopic (exact) mass is 392 g/mol. The maximum atomic E-state index is 12.4. The Kier molecular flexibility index (Phi) is 6.22. The van der Waals surface area contributed by atoms with Crippen molar-refractivity contribution in [1.29, 1.82) is 0 Å². The standard InChI is InChI=1S/C18H20N4O4.ClH/c1-2-8-21-16(24)17(25)22(18(21)26)10-15(23)20-14-5-3-4-11-9-12(19)6-7-13(11)14;/h2,6-7,9,14H,1,3-5,8,10,19H2,(H,20,23);1H. The van der Waals surface area contributed by atoms with Crippen LogP contribution in [0.5, 0.6) is 0 Å². The van der Waals surface area contributed by atoms with Gasteiger partial charge in [-0.1, -0.05) is 12.1 Å². The lowest BCUT2D eigenvalue weighted by Gasteiger charge is -2.27. The van der Waals surface area contributed by atoms with Crippen LogP contribution >= 0.6 is 12.4 Å². The van der Waals surface area contributed by atoms with Crippen molar-refractivity contribution in [3.63, 3.8) is 0 Å². The molecular weight excluding hydrogens is 372 g/mol. The van der Waals surface area contributed by atoms with E-state index in [1.54, 1.807) is 6.07 Å². The molecule has 0 saturated carbocycles. The van der Waals surface area contributed by atoms with E-state index in [1.165, 1.54) is 6.08 Å². The van der Waals surface area contributed by atoms with Gasteiger partial charge in [-0.2, -0.15) is 0 Å². The number of urea groups is 1. The van der Waals surface area contributed by atoms with Gasteiger partial charge in [0.2, 0.25) is 5.91 Å². The van der Waals surface area contributed by atoms with Gasteiger partial charge in [0.05, 0.1) is 6.04 Å². The summed E-state index contributed by atoms with van der Waals surface area (Å²) >= 11 is 0. The van der Waals surface area contributed by atoms with E-state index in [0.717, 1.165) is 35.3 Å². The lowest BCUT2D eigenvalue weighted by molar-refractivity contribution is -0.143. The smallest absolute Gasteiger partial charge is 0.335 e. The number of hydrogen-bond donors (Lipinski definition) is 2. The van der Waals surface area contributed by atoms with Crippen LogP contribution in [-0.2, 0) is 20.8 Å². The predicted molar refractivity (Wildman–Crippen MR) is 101 cm³/mol. The average molecular weight is 393 g/mol. The summed E-state index contributed by atoms with van der Waals surface area (Å²) in [7, 11) is 0. The van der Waals surface area contributed by atoms with E-state index in [2.05, 4.69) is 11.9 Å². The first-order valence-electron chi connectivity index (χ1n) is 8.38. The van der Waals surface area contributed by atoms with Gasteiger partial charge in [0.25, 0.3) is 0 Å². The Bertz CT molecular complexity index is 811. The number of amides is 5. The Morgan fingerprint density at radius 2 is 1.96 bits per heavy atom. The van der Waals surface area contributed by atoms with Crippen molar-refractivity contribution in [2.45, 2.75) is 25.3 Å². The van der Waals surface area contributed by atoms with Crippen LogP contribution < -0.4 is 11.1 Å². The highest BCUT2D eigenvalue weighted by molar-refractivity contribution is 6.45. The molecule has 9 heteroatoms. The molecule has 1 saturated heterocycles. The minimum atomic E-state index is -0.996. The summed E-state index contributed by atoms with van der Waals surface area (Å²) in [6, 6.07) is 4.55. The number of nitrogens with one attached hydrogen (secondary N) is 1. The molecule has 0 aromatic heterocycles. The summed E-state index contributed by atoms with van der Waals surface area (Å²) in [5, 5.41) is 2.85. The third-order valence-corrected chi connectivity index (χ3v) is 4.57. The number of hydrogen-bond acceptors (Lipinski definition) is 5. The number of fused-ring (bicyclic) bond motifs is 1. The predicted octanol–water partition coefficient (Wildman–Crippen LogP) is 1.16. The Balaban J connectivity index is 0.00000261. The van der Waals surface area contributed by atoms with E-state index in [-0.39, 0.29) is 25.0 Å². The van der Waals surface area contributed by atoms with Crippen LogP contribution in [0.3, 0.4) is 0 Å². The summed E-state index contributed by atoms with van der Waals surface area (Å²) in [5.74, 6) is -2.43. The Labute approximate surface area is 162 Å². The minimum Gasteiger partial charge on any atom is -0.399 e. The second kappa shape index (κ2) is 8.22. The molecule has 1 unspecified atom stereocenters. The van der Waals surface area contributed by atoms with Crippen LogP contribution in [0.1, 0.15) is 30.0 Å². The summed E-state index contributed by atoms with van der Waals surface area (Å²) in [6.07, 6.45) is 3.89. The molecule has 1 aromatic carbocycles. The number of carbonyl (C=O) groups excluding carboxylic acids is 4. The number of benzene rings is 1. The van der Waals surface area contributed by atoms with Crippen molar-refractivity contribution >= 4 is 41.8 Å². The third-order valence-electron chi connectivity index (χ3n) is 4.57. The molecule has 1 fully saturated rings. The molecule has 1 heterocycles. The topological polar surface area (TPSA) is 113 Å². The van der Waals surface area contributed by atoms with Gasteiger partial charge >= 0.3 is 17.8 Å². The fraction of sp³-hybridized carbons (Fsp3) is 0.333. The van der Waals surface area contributed by atoms with E-state index >= 15 is 0 Å². The molecule has 1 atom stereocenters. The normalized spacial score (nSPS) is 18.8. The molecular formula is C18H21ClN4O4. The molecule has 0 spiro atoms. The fourth-order valence-corrected chi connectivity index (χ4v) is 3.35. The second-order valence-corrected chi connectivity index (χ2v) is 6.35. The first kappa shape index (κ1) is 20.4. The van der Waals surface area contributed by atoms with E-state index < -0.39 is 30.3 Å². The van der Waals surface area contributed by atoms with Crippen molar-refractivity contribution in [1.82, 2.24) is 15.1 Å². The van der Waals surface area contributed by atoms with Gasteiger partial charge in [0, 0.05) is 12.2 Å². The van der Waals surface area contributed by atoms with Gasteiger partial charge in [-0.3, -0.25) is 19.3 Å². The molecule has 27 heavy (non-hydrogen) atoms. The Hall–Kier alpha value is -2.87. The number of carbonyl (C=O) groups is 4. The van der Waals surface area contributed by atoms with E-state index in [0.29, 0.717) is 10.6 Å². The number of nitrogens with two attached hydrogens (primary N) is 1. The highest BCUT2D eigenvalue weighted by atomic mass is 35.5. The number of imide groups is 2. The summed E-state index contributed by atoms with van der Waals surface area (Å²) < 4.78 is 0. The maximum absolute atomic E-state index is 12.4. The first-order valence-corrected chi connectivity index (χ1v) is 8.38. The molecule has 3 rings (SSSR count). The van der Waals surface area contributed by atoms with Gasteiger partial charge < -0.3 is 11.1 Å². The quantitative estimate of drug-likeness (QED) is 0.338. The van der Waals surface area contributed by atoms with Crippen molar-refractivity contribution in [3.05, 3.63) is 42.0 Å². The molecule has 144 valence electrons. The SMILES string of the molecule is C=CCN1C(=O)C(=O)N(CC(=O)NC2CCCc3cc(N)ccc32)C1=O.Cl. The zero-order valence-electron chi connectivity index (χ0n) is 14.6. The lowest BCUT2D eigenvalue weighted by atomic mass is 9.87. The van der Waals surface area contributed by atoms with E-state index in [1.807, 2.05) is 12.1 Å². The van der Waals surface area contributed by atoms with Gasteiger partial charge in [-0.05, 0) is 42.5 Å². The number of rotatable bonds is 5. The van der Waals surface area contributed by atoms with E-state index in [4.69, 9.17) is 5.73 Å². The Morgan fingerprint density at radius 1 is 1.26 bits per heavy atom. The van der Waals surface area contributed by atoms with Crippen molar-refractivity contribution in [2.24, 2.45) is 0 Å². The number of halogens is 1. The zero-order chi connectivity index (χ0) is 18.8. The van der Waals surface area contributed by atoms with Gasteiger partial charge in [-0.15, -0.1) is 19.0 Å². The largest absolute Gasteiger partial charge is 0.399 e. The van der Waals surface area contributed by atoms with Crippen LogP contribution in [0.4, 0.5) is 10.5 Å². The maximum Gasteiger partial charge on any atom is 0.335 e. The van der Waals surface area contributed by atoms with Crippen molar-refractivity contribution in [3.8, 4) is 0 Å². The Morgan fingerprint density at radius 3 is 2.67 bits per heavy atom. The van der Waals surface area contributed by atoms with Crippen molar-refractivity contribution < 1.29 is 19.2 Å². The third kappa shape index (κ3) is 3.95. The molecule has 0 radical (unpaired) electrons. The van der Waals surface area contributed by atoms with Crippen LogP contribution in [0.2, 0.25) is 0 Å². The molecule has 1 aliphatic heterocycles. The molecule has 0 bridgehead atoms. The number of aryl methyl sites for hydroxylation is 1. The van der Waals surface area contributed by atoms with Crippen LogP contribution in [0.15, 0.2) is 30.9 Å². The number of nitrogen functional groups attached to an aromatic ring is 1. The van der Waals surface area contributed by atoms with Crippen LogP contribution in [0, 0.1) is 0 Å². The highest BCUT2D eigenvalue weighted by Crippen LogP contribution is 2.31. The molecule has 1 aliphatic carbocycles.